The fourth-order valence-corrected chi connectivity index (χ4v) is 1.27. The highest BCUT2D eigenvalue weighted by molar-refractivity contribution is 5.75. The van der Waals surface area contributed by atoms with Gasteiger partial charge in [0.15, 0.2) is 0 Å². The lowest BCUT2D eigenvalue weighted by molar-refractivity contribution is -0.145. The highest BCUT2D eigenvalue weighted by atomic mass is 16.5. The summed E-state index contributed by atoms with van der Waals surface area (Å²) in [6, 6.07) is -0.871. The summed E-state index contributed by atoms with van der Waals surface area (Å²) in [5.41, 5.74) is 4.91. The molecule has 0 spiro atoms. The molecule has 16 heavy (non-hydrogen) atoms. The van der Waals surface area contributed by atoms with Gasteiger partial charge < -0.3 is 21.1 Å². The summed E-state index contributed by atoms with van der Waals surface area (Å²) >= 11 is 0. The normalized spacial score (nSPS) is 11.9. The average Bonchev–Trinajstić information content (AvgIpc) is 2.22. The standard InChI is InChI=1S/C10H21N3O3/c1-3-5-8(9(14)16-4-2)12-6-7-13-10(11)15/h8,12H,3-7H2,1-2H3,(H3,11,13,15). The topological polar surface area (TPSA) is 93.5 Å². The molecule has 0 bridgehead atoms. The highest BCUT2D eigenvalue weighted by Gasteiger charge is 2.17. The maximum Gasteiger partial charge on any atom is 0.323 e. The van der Waals surface area contributed by atoms with Crippen LogP contribution in [0.25, 0.3) is 0 Å². The number of esters is 1. The van der Waals surface area contributed by atoms with E-state index in [4.69, 9.17) is 10.5 Å². The molecule has 1 unspecified atom stereocenters. The second kappa shape index (κ2) is 8.96. The van der Waals surface area contributed by atoms with Crippen LogP contribution in [0.3, 0.4) is 0 Å². The number of carbonyl (C=O) groups excluding carboxylic acids is 2. The molecule has 0 aliphatic rings. The Labute approximate surface area is 95.9 Å². The minimum atomic E-state index is -0.565. The molecule has 0 aliphatic heterocycles. The molecule has 0 fully saturated rings. The Morgan fingerprint density at radius 2 is 2.00 bits per heavy atom. The number of amides is 2. The van der Waals surface area contributed by atoms with E-state index in [1.807, 2.05) is 6.92 Å². The largest absolute Gasteiger partial charge is 0.465 e. The molecule has 0 radical (unpaired) electrons. The Morgan fingerprint density at radius 1 is 1.31 bits per heavy atom. The van der Waals surface area contributed by atoms with Crippen molar-refractivity contribution in [2.45, 2.75) is 32.7 Å². The van der Waals surface area contributed by atoms with Crippen LogP contribution < -0.4 is 16.4 Å². The van der Waals surface area contributed by atoms with Crippen molar-refractivity contribution in [2.75, 3.05) is 19.7 Å². The number of hydrogen-bond acceptors (Lipinski definition) is 4. The van der Waals surface area contributed by atoms with Gasteiger partial charge in [-0.15, -0.1) is 0 Å². The molecule has 0 aromatic heterocycles. The molecule has 94 valence electrons. The molecule has 0 aromatic rings. The average molecular weight is 231 g/mol. The molecule has 1 atom stereocenters. The number of hydrogen-bond donors (Lipinski definition) is 3. The van der Waals surface area contributed by atoms with Crippen molar-refractivity contribution in [3.8, 4) is 0 Å². The fourth-order valence-electron chi connectivity index (χ4n) is 1.27. The summed E-state index contributed by atoms with van der Waals surface area (Å²) in [6.07, 6.45) is 1.61. The van der Waals surface area contributed by atoms with Crippen molar-refractivity contribution >= 4 is 12.0 Å². The maximum atomic E-state index is 11.5. The Kier molecular flexibility index (Phi) is 8.24. The molecule has 0 aromatic carbocycles. The zero-order chi connectivity index (χ0) is 12.4. The first kappa shape index (κ1) is 14.7. The lowest BCUT2D eigenvalue weighted by Gasteiger charge is -2.16. The Hall–Kier alpha value is -1.30. The second-order valence-corrected chi connectivity index (χ2v) is 3.34. The van der Waals surface area contributed by atoms with Gasteiger partial charge in [-0.25, -0.2) is 4.79 Å². The lowest BCUT2D eigenvalue weighted by atomic mass is 10.1. The minimum Gasteiger partial charge on any atom is -0.465 e. The Bertz CT molecular complexity index is 221. The van der Waals surface area contributed by atoms with Crippen molar-refractivity contribution in [3.63, 3.8) is 0 Å². The molecule has 0 heterocycles. The molecule has 0 rings (SSSR count). The van der Waals surface area contributed by atoms with Gasteiger partial charge >= 0.3 is 12.0 Å². The highest BCUT2D eigenvalue weighted by Crippen LogP contribution is 1.99. The van der Waals surface area contributed by atoms with Gasteiger partial charge in [-0.05, 0) is 13.3 Å². The number of nitrogens with one attached hydrogen (secondary N) is 2. The van der Waals surface area contributed by atoms with Crippen molar-refractivity contribution in [1.82, 2.24) is 10.6 Å². The van der Waals surface area contributed by atoms with E-state index in [0.717, 1.165) is 12.8 Å². The fraction of sp³-hybridized carbons (Fsp3) is 0.800. The van der Waals surface area contributed by atoms with Crippen LogP contribution in [0.15, 0.2) is 0 Å². The lowest BCUT2D eigenvalue weighted by Crippen LogP contribution is -2.43. The van der Waals surface area contributed by atoms with Crippen LogP contribution in [0.5, 0.6) is 0 Å². The summed E-state index contributed by atoms with van der Waals surface area (Å²) in [5, 5.41) is 5.45. The van der Waals surface area contributed by atoms with E-state index in [-0.39, 0.29) is 12.0 Å². The monoisotopic (exact) mass is 231 g/mol. The zero-order valence-corrected chi connectivity index (χ0v) is 9.91. The van der Waals surface area contributed by atoms with Gasteiger partial charge in [-0.1, -0.05) is 13.3 Å². The summed E-state index contributed by atoms with van der Waals surface area (Å²) in [5.74, 6) is -0.247. The molecular weight excluding hydrogens is 210 g/mol. The van der Waals surface area contributed by atoms with Crippen LogP contribution >= 0.6 is 0 Å². The van der Waals surface area contributed by atoms with E-state index in [1.165, 1.54) is 0 Å². The van der Waals surface area contributed by atoms with E-state index < -0.39 is 6.03 Å². The van der Waals surface area contributed by atoms with Crippen LogP contribution in [-0.4, -0.2) is 37.7 Å². The Balaban J connectivity index is 3.84. The number of carbonyl (C=O) groups is 2. The summed E-state index contributed by atoms with van der Waals surface area (Å²) in [7, 11) is 0. The van der Waals surface area contributed by atoms with Crippen LogP contribution in [0.4, 0.5) is 4.79 Å². The first-order valence-electron chi connectivity index (χ1n) is 5.55. The van der Waals surface area contributed by atoms with E-state index in [1.54, 1.807) is 6.92 Å². The number of ether oxygens (including phenoxy) is 1. The van der Waals surface area contributed by atoms with E-state index in [2.05, 4.69) is 10.6 Å². The molecule has 6 nitrogen and oxygen atoms in total. The first-order valence-corrected chi connectivity index (χ1v) is 5.55. The van der Waals surface area contributed by atoms with Gasteiger partial charge in [0, 0.05) is 13.1 Å². The first-order chi connectivity index (χ1) is 7.61. The smallest absolute Gasteiger partial charge is 0.323 e. The molecule has 2 amide bonds. The molecule has 6 heteroatoms. The molecule has 0 saturated carbocycles. The maximum absolute atomic E-state index is 11.5. The summed E-state index contributed by atoms with van der Waals surface area (Å²) in [4.78, 5) is 21.9. The van der Waals surface area contributed by atoms with Crippen molar-refractivity contribution in [1.29, 1.82) is 0 Å². The van der Waals surface area contributed by atoms with E-state index >= 15 is 0 Å². The second-order valence-electron chi connectivity index (χ2n) is 3.34. The number of primary amides is 1. The number of urea groups is 1. The van der Waals surface area contributed by atoms with Crippen molar-refractivity contribution < 1.29 is 14.3 Å². The van der Waals surface area contributed by atoms with Gasteiger partial charge in [0.2, 0.25) is 0 Å². The third-order valence-corrected chi connectivity index (χ3v) is 1.96. The van der Waals surface area contributed by atoms with Crippen molar-refractivity contribution in [2.24, 2.45) is 5.73 Å². The zero-order valence-electron chi connectivity index (χ0n) is 9.91. The van der Waals surface area contributed by atoms with Gasteiger partial charge in [-0.3, -0.25) is 4.79 Å². The predicted molar refractivity (Wildman–Crippen MR) is 60.9 cm³/mol. The summed E-state index contributed by atoms with van der Waals surface area (Å²) in [6.45, 7) is 5.03. The molecule has 0 aliphatic carbocycles. The van der Waals surface area contributed by atoms with E-state index in [9.17, 15) is 9.59 Å². The third-order valence-electron chi connectivity index (χ3n) is 1.96. The van der Waals surface area contributed by atoms with Crippen molar-refractivity contribution in [3.05, 3.63) is 0 Å². The number of rotatable bonds is 8. The van der Waals surface area contributed by atoms with Crippen LogP contribution in [-0.2, 0) is 9.53 Å². The van der Waals surface area contributed by atoms with Gasteiger partial charge in [0.25, 0.3) is 0 Å². The van der Waals surface area contributed by atoms with Gasteiger partial charge in [-0.2, -0.15) is 0 Å². The van der Waals surface area contributed by atoms with Gasteiger partial charge in [0.05, 0.1) is 6.61 Å². The third kappa shape index (κ3) is 7.05. The molecule has 0 saturated heterocycles. The molecular formula is C10H21N3O3. The quantitative estimate of drug-likeness (QED) is 0.404. The molecule has 4 N–H and O–H groups in total. The minimum absolute atomic E-state index is 0.247. The Morgan fingerprint density at radius 3 is 2.50 bits per heavy atom. The predicted octanol–water partition coefficient (Wildman–Crippen LogP) is -0.0239. The van der Waals surface area contributed by atoms with E-state index in [0.29, 0.717) is 19.7 Å². The van der Waals surface area contributed by atoms with Gasteiger partial charge in [0.1, 0.15) is 6.04 Å². The SMILES string of the molecule is CCCC(NCCNC(N)=O)C(=O)OCC. The summed E-state index contributed by atoms with van der Waals surface area (Å²) < 4.78 is 4.92. The van der Waals surface area contributed by atoms with Crippen LogP contribution in [0.2, 0.25) is 0 Å². The van der Waals surface area contributed by atoms with Crippen LogP contribution in [0.1, 0.15) is 26.7 Å². The van der Waals surface area contributed by atoms with Crippen LogP contribution in [0, 0.1) is 0 Å². The number of nitrogens with two attached hydrogens (primary N) is 1.